The summed E-state index contributed by atoms with van der Waals surface area (Å²) < 4.78 is 4.30. The number of nitrogens with zero attached hydrogens (tertiary/aromatic N) is 5. The van der Waals surface area contributed by atoms with Crippen LogP contribution in [0.5, 0.6) is 0 Å². The quantitative estimate of drug-likeness (QED) is 0.774. The van der Waals surface area contributed by atoms with E-state index in [1.54, 1.807) is 0 Å². The molecule has 0 aliphatic carbocycles. The Labute approximate surface area is 147 Å². The Bertz CT molecular complexity index is 576. The third kappa shape index (κ3) is 4.68. The summed E-state index contributed by atoms with van der Waals surface area (Å²) in [5.74, 6) is 3.11. The topological polar surface area (TPSA) is 48.5 Å². The highest BCUT2D eigenvalue weighted by Gasteiger charge is 2.14. The molecule has 0 aliphatic heterocycles. The smallest absolute Gasteiger partial charge is 0.135 e. The molecular formula is C19H35N5. The third-order valence-electron chi connectivity index (χ3n) is 3.99. The lowest BCUT2D eigenvalue weighted by molar-refractivity contribution is 0.497. The molecule has 0 aliphatic rings. The van der Waals surface area contributed by atoms with E-state index >= 15 is 0 Å². The first-order valence-electron chi connectivity index (χ1n) is 9.03. The number of aryl methyl sites for hydroxylation is 2. The Morgan fingerprint density at radius 3 is 1.71 bits per heavy atom. The molecule has 24 heavy (non-hydrogen) atoms. The lowest BCUT2D eigenvalue weighted by Gasteiger charge is -2.14. The minimum absolute atomic E-state index is 0.452. The lowest BCUT2D eigenvalue weighted by atomic mass is 10.1. The molecule has 0 N–H and O–H groups in total. The molecule has 0 radical (unpaired) electrons. The van der Waals surface area contributed by atoms with Gasteiger partial charge in [0.05, 0.1) is 6.20 Å². The maximum Gasteiger partial charge on any atom is 0.135 e. The second-order valence-corrected chi connectivity index (χ2v) is 7.63. The summed E-state index contributed by atoms with van der Waals surface area (Å²) in [4.78, 5) is 0. The average Bonchev–Trinajstić information content (AvgIpc) is 3.02. The van der Waals surface area contributed by atoms with Crippen LogP contribution in [-0.4, -0.2) is 24.5 Å². The highest BCUT2D eigenvalue weighted by atomic mass is 15.3. The molecule has 0 amide bonds. The number of hydrogen-bond acceptors (Lipinski definition) is 3. The lowest BCUT2D eigenvalue weighted by Crippen LogP contribution is -2.09. The SMILES string of the molecule is Cc1cnn(C(C)C)c1C(C)C.Cc1nnc(C(C)C)n1C(C)C. The minimum Gasteiger partial charge on any atom is -0.312 e. The zero-order chi connectivity index (χ0) is 18.6. The van der Waals surface area contributed by atoms with Crippen LogP contribution in [0.3, 0.4) is 0 Å². The molecule has 2 aromatic heterocycles. The summed E-state index contributed by atoms with van der Waals surface area (Å²) in [5.41, 5.74) is 2.67. The molecule has 5 heteroatoms. The van der Waals surface area contributed by atoms with Crippen LogP contribution in [0.4, 0.5) is 0 Å². The summed E-state index contributed by atoms with van der Waals surface area (Å²) in [5, 5.41) is 12.6. The van der Waals surface area contributed by atoms with Crippen molar-refractivity contribution in [1.29, 1.82) is 0 Å². The largest absolute Gasteiger partial charge is 0.312 e. The van der Waals surface area contributed by atoms with Gasteiger partial charge >= 0.3 is 0 Å². The fourth-order valence-electron chi connectivity index (χ4n) is 3.01. The van der Waals surface area contributed by atoms with Gasteiger partial charge in [-0.25, -0.2) is 0 Å². The highest BCUT2D eigenvalue weighted by molar-refractivity contribution is 5.19. The molecule has 0 aromatic carbocycles. The van der Waals surface area contributed by atoms with Crippen molar-refractivity contribution in [3.63, 3.8) is 0 Å². The maximum atomic E-state index is 4.35. The minimum atomic E-state index is 0.452. The van der Waals surface area contributed by atoms with Gasteiger partial charge < -0.3 is 4.57 Å². The molecule has 0 saturated heterocycles. The molecule has 0 saturated carbocycles. The van der Waals surface area contributed by atoms with E-state index < -0.39 is 0 Å². The van der Waals surface area contributed by atoms with Crippen LogP contribution >= 0.6 is 0 Å². The molecule has 0 spiro atoms. The molecule has 5 nitrogen and oxygen atoms in total. The highest BCUT2D eigenvalue weighted by Crippen LogP contribution is 2.21. The van der Waals surface area contributed by atoms with Gasteiger partial charge in [-0.05, 0) is 53.0 Å². The summed E-state index contributed by atoms with van der Waals surface area (Å²) in [6.45, 7) is 21.5. The van der Waals surface area contributed by atoms with Gasteiger partial charge in [0.1, 0.15) is 11.6 Å². The Morgan fingerprint density at radius 1 is 0.792 bits per heavy atom. The third-order valence-corrected chi connectivity index (χ3v) is 3.99. The van der Waals surface area contributed by atoms with Gasteiger partial charge in [-0.3, -0.25) is 4.68 Å². The van der Waals surface area contributed by atoms with Gasteiger partial charge in [0.15, 0.2) is 0 Å². The van der Waals surface area contributed by atoms with E-state index in [4.69, 9.17) is 0 Å². The molecule has 136 valence electrons. The van der Waals surface area contributed by atoms with Crippen LogP contribution in [0.25, 0.3) is 0 Å². The van der Waals surface area contributed by atoms with Gasteiger partial charge in [-0.15, -0.1) is 10.2 Å². The van der Waals surface area contributed by atoms with Crippen molar-refractivity contribution in [2.24, 2.45) is 0 Å². The van der Waals surface area contributed by atoms with E-state index in [0.29, 0.717) is 23.9 Å². The molecule has 2 aromatic rings. The molecule has 0 fully saturated rings. The molecule has 2 heterocycles. The van der Waals surface area contributed by atoms with Gasteiger partial charge in [0.25, 0.3) is 0 Å². The monoisotopic (exact) mass is 333 g/mol. The van der Waals surface area contributed by atoms with Crippen LogP contribution in [-0.2, 0) is 0 Å². The normalized spacial score (nSPS) is 11.6. The van der Waals surface area contributed by atoms with E-state index in [1.165, 1.54) is 11.3 Å². The first-order chi connectivity index (χ1) is 11.1. The Hall–Kier alpha value is -1.65. The van der Waals surface area contributed by atoms with E-state index in [9.17, 15) is 0 Å². The number of rotatable bonds is 4. The van der Waals surface area contributed by atoms with E-state index in [-0.39, 0.29) is 0 Å². The molecular weight excluding hydrogens is 298 g/mol. The Morgan fingerprint density at radius 2 is 1.38 bits per heavy atom. The van der Waals surface area contributed by atoms with E-state index in [2.05, 4.69) is 86.9 Å². The van der Waals surface area contributed by atoms with Gasteiger partial charge in [-0.2, -0.15) is 5.10 Å². The second kappa shape index (κ2) is 8.45. The first kappa shape index (κ1) is 20.4. The zero-order valence-corrected chi connectivity index (χ0v) is 17.1. The molecule has 0 unspecified atom stereocenters. The van der Waals surface area contributed by atoms with Crippen molar-refractivity contribution in [3.8, 4) is 0 Å². The predicted octanol–water partition coefficient (Wildman–Crippen LogP) is 5.19. The second-order valence-electron chi connectivity index (χ2n) is 7.63. The number of aromatic nitrogens is 5. The molecule has 2 rings (SSSR count). The van der Waals surface area contributed by atoms with Crippen LogP contribution in [0.2, 0.25) is 0 Å². The van der Waals surface area contributed by atoms with Crippen molar-refractivity contribution < 1.29 is 0 Å². The molecule has 0 atom stereocenters. The fourth-order valence-corrected chi connectivity index (χ4v) is 3.01. The van der Waals surface area contributed by atoms with Crippen molar-refractivity contribution in [3.05, 3.63) is 29.1 Å². The van der Waals surface area contributed by atoms with Crippen LogP contribution in [0.1, 0.15) is 102 Å². The Kier molecular flexibility index (Phi) is 7.18. The van der Waals surface area contributed by atoms with Crippen molar-refractivity contribution in [1.82, 2.24) is 24.5 Å². The van der Waals surface area contributed by atoms with Crippen LogP contribution in [0.15, 0.2) is 6.20 Å². The predicted molar refractivity (Wildman–Crippen MR) is 101 cm³/mol. The standard InChI is InChI=1S/C10H18N2.C9H17N3/c1-7(2)10-9(5)6-11-12(10)8(3)4;1-6(2)9-11-10-8(5)12(9)7(3)4/h6-8H,1-5H3;6-7H,1-5H3. The summed E-state index contributed by atoms with van der Waals surface area (Å²) >= 11 is 0. The average molecular weight is 334 g/mol. The van der Waals surface area contributed by atoms with Crippen LogP contribution < -0.4 is 0 Å². The fraction of sp³-hybridized carbons (Fsp3) is 0.737. The summed E-state index contributed by atoms with van der Waals surface area (Å²) in [6, 6.07) is 0.925. The van der Waals surface area contributed by atoms with Crippen molar-refractivity contribution in [2.45, 2.75) is 93.2 Å². The van der Waals surface area contributed by atoms with Crippen LogP contribution in [0, 0.1) is 13.8 Å². The zero-order valence-electron chi connectivity index (χ0n) is 17.1. The summed E-state index contributed by atoms with van der Waals surface area (Å²) in [7, 11) is 0. The van der Waals surface area contributed by atoms with Crippen molar-refractivity contribution >= 4 is 0 Å². The van der Waals surface area contributed by atoms with E-state index in [0.717, 1.165) is 11.6 Å². The van der Waals surface area contributed by atoms with Gasteiger partial charge in [-0.1, -0.05) is 27.7 Å². The van der Waals surface area contributed by atoms with E-state index in [1.807, 2.05) is 13.1 Å². The Balaban J connectivity index is 0.000000240. The first-order valence-corrected chi connectivity index (χ1v) is 9.03. The maximum absolute atomic E-state index is 4.35. The van der Waals surface area contributed by atoms with Gasteiger partial charge in [0.2, 0.25) is 0 Å². The van der Waals surface area contributed by atoms with Gasteiger partial charge in [0, 0.05) is 23.7 Å². The summed E-state index contributed by atoms with van der Waals surface area (Å²) in [6.07, 6.45) is 1.95. The molecule has 0 bridgehead atoms. The van der Waals surface area contributed by atoms with Crippen molar-refractivity contribution in [2.75, 3.05) is 0 Å². The number of hydrogen-bond donors (Lipinski definition) is 0.